The van der Waals surface area contributed by atoms with E-state index in [1.807, 2.05) is 31.3 Å². The summed E-state index contributed by atoms with van der Waals surface area (Å²) in [5.74, 6) is 1.89. The third kappa shape index (κ3) is 5.76. The third-order valence-electron chi connectivity index (χ3n) is 6.38. The van der Waals surface area contributed by atoms with Gasteiger partial charge in [-0.3, -0.25) is 9.59 Å². The van der Waals surface area contributed by atoms with Gasteiger partial charge in [-0.2, -0.15) is 4.98 Å². The molecular weight excluding hydrogens is 460 g/mol. The Balaban J connectivity index is 1.66. The average molecular weight is 495 g/mol. The minimum atomic E-state index is -0.313. The molecule has 2 N–H and O–H groups in total. The summed E-state index contributed by atoms with van der Waals surface area (Å²) < 4.78 is 12.4. The molecule has 2 aromatic heterocycles. The molecule has 4 rings (SSSR count). The van der Waals surface area contributed by atoms with Crippen molar-refractivity contribution in [3.63, 3.8) is 0 Å². The van der Waals surface area contributed by atoms with E-state index in [1.165, 1.54) is 13.5 Å². The van der Waals surface area contributed by atoms with Crippen LogP contribution in [-0.4, -0.2) is 60.9 Å². The van der Waals surface area contributed by atoms with Crippen LogP contribution < -0.4 is 25.8 Å². The lowest BCUT2D eigenvalue weighted by molar-refractivity contribution is -0.122. The minimum Gasteiger partial charge on any atom is -0.478 e. The quantitative estimate of drug-likeness (QED) is 0.467. The number of benzene rings is 1. The van der Waals surface area contributed by atoms with Crippen LogP contribution in [0.3, 0.4) is 0 Å². The number of nitrogens with one attached hydrogen (secondary N) is 2. The number of aryl methyl sites for hydroxylation is 1. The third-order valence-corrected chi connectivity index (χ3v) is 6.38. The second-order valence-electron chi connectivity index (χ2n) is 9.21. The predicted octanol–water partition coefficient (Wildman–Crippen LogP) is 2.85. The molecule has 1 aromatic carbocycles. The number of fused-ring (bicyclic) bond motifs is 1. The Kier molecular flexibility index (Phi) is 8.04. The number of carbonyl (C=O) groups is 1. The maximum absolute atomic E-state index is 13.0. The van der Waals surface area contributed by atoms with Gasteiger partial charge in [-0.15, -0.1) is 0 Å². The number of likely N-dealkylation sites (N-methyl/N-ethyl adjacent to an activating group) is 1. The molecule has 10 heteroatoms. The summed E-state index contributed by atoms with van der Waals surface area (Å²) in [5.41, 5.74) is 2.19. The topological polar surface area (TPSA) is 111 Å². The van der Waals surface area contributed by atoms with Crippen molar-refractivity contribution < 1.29 is 14.3 Å². The van der Waals surface area contributed by atoms with E-state index in [0.29, 0.717) is 19.1 Å². The number of hydrogen-bond acceptors (Lipinski definition) is 8. The van der Waals surface area contributed by atoms with E-state index in [2.05, 4.69) is 27.4 Å². The van der Waals surface area contributed by atoms with Gasteiger partial charge in [0.05, 0.1) is 12.1 Å². The van der Waals surface area contributed by atoms with Gasteiger partial charge in [0, 0.05) is 56.6 Å². The summed E-state index contributed by atoms with van der Waals surface area (Å²) in [6.07, 6.45) is 4.22. The Hall–Kier alpha value is -3.66. The first-order valence-corrected chi connectivity index (χ1v) is 12.2. The SMILES string of the molecule is CNC(=O)COc1cc2cc(Nc3nc(N4CCCC(C)C4)ncc3C)ccc2n(CCOC)c1=O. The van der Waals surface area contributed by atoms with E-state index in [9.17, 15) is 9.59 Å². The molecule has 0 spiro atoms. The largest absolute Gasteiger partial charge is 0.478 e. The number of nitrogens with zero attached hydrogens (tertiary/aromatic N) is 4. The fourth-order valence-corrected chi connectivity index (χ4v) is 4.38. The van der Waals surface area contributed by atoms with Crippen LogP contribution in [0, 0.1) is 12.8 Å². The van der Waals surface area contributed by atoms with Crippen molar-refractivity contribution >= 4 is 34.3 Å². The number of rotatable bonds is 9. The molecular formula is C26H34N6O4. The van der Waals surface area contributed by atoms with E-state index in [1.54, 1.807) is 17.7 Å². The zero-order valence-corrected chi connectivity index (χ0v) is 21.3. The molecule has 192 valence electrons. The molecule has 3 heterocycles. The lowest BCUT2D eigenvalue weighted by Gasteiger charge is -2.31. The Morgan fingerprint density at radius 1 is 1.28 bits per heavy atom. The molecule has 1 saturated heterocycles. The van der Waals surface area contributed by atoms with Crippen LogP contribution in [0.25, 0.3) is 10.9 Å². The van der Waals surface area contributed by atoms with E-state index >= 15 is 0 Å². The number of methoxy groups -OCH3 is 1. The Morgan fingerprint density at radius 2 is 2.11 bits per heavy atom. The fraction of sp³-hybridized carbons (Fsp3) is 0.462. The van der Waals surface area contributed by atoms with Crippen molar-refractivity contribution in [2.45, 2.75) is 33.2 Å². The molecule has 3 aromatic rings. The molecule has 1 amide bonds. The average Bonchev–Trinajstić information content (AvgIpc) is 2.88. The molecule has 0 bridgehead atoms. The summed E-state index contributed by atoms with van der Waals surface area (Å²) in [4.78, 5) is 36.3. The Morgan fingerprint density at radius 3 is 2.86 bits per heavy atom. The number of pyridine rings is 1. The van der Waals surface area contributed by atoms with Crippen LogP contribution >= 0.6 is 0 Å². The van der Waals surface area contributed by atoms with Gasteiger partial charge in [0.2, 0.25) is 5.95 Å². The van der Waals surface area contributed by atoms with Crippen LogP contribution in [0.5, 0.6) is 5.75 Å². The highest BCUT2D eigenvalue weighted by atomic mass is 16.5. The predicted molar refractivity (Wildman–Crippen MR) is 140 cm³/mol. The maximum Gasteiger partial charge on any atom is 0.293 e. The minimum absolute atomic E-state index is 0.110. The standard InChI is InChI=1S/C26H34N6O4/c1-17-6-5-9-31(15-17)26-28-14-18(2)24(30-26)29-20-7-8-21-19(12-20)13-22(36-16-23(33)27-3)25(34)32(21)10-11-35-4/h7-8,12-14,17H,5-6,9-11,15-16H2,1-4H3,(H,27,33)(H,28,29,30). The van der Waals surface area contributed by atoms with Crippen LogP contribution in [-0.2, 0) is 16.1 Å². The number of hydrogen-bond donors (Lipinski definition) is 2. The van der Waals surface area contributed by atoms with Crippen LogP contribution in [0.4, 0.5) is 17.5 Å². The Bertz CT molecular complexity index is 1290. The van der Waals surface area contributed by atoms with Gasteiger partial charge < -0.3 is 29.6 Å². The number of piperidine rings is 1. The molecule has 0 aliphatic carbocycles. The van der Waals surface area contributed by atoms with E-state index in [0.717, 1.165) is 53.4 Å². The van der Waals surface area contributed by atoms with Gasteiger partial charge in [0.15, 0.2) is 12.4 Å². The number of ether oxygens (including phenoxy) is 2. The smallest absolute Gasteiger partial charge is 0.293 e. The number of amides is 1. The van der Waals surface area contributed by atoms with Crippen molar-refractivity contribution in [3.8, 4) is 5.75 Å². The molecule has 1 atom stereocenters. The maximum atomic E-state index is 13.0. The van der Waals surface area contributed by atoms with Gasteiger partial charge in [-0.25, -0.2) is 4.98 Å². The molecule has 36 heavy (non-hydrogen) atoms. The number of aromatic nitrogens is 3. The van der Waals surface area contributed by atoms with E-state index < -0.39 is 0 Å². The first-order valence-electron chi connectivity index (χ1n) is 12.2. The first kappa shape index (κ1) is 25.4. The van der Waals surface area contributed by atoms with Crippen molar-refractivity contribution in [1.82, 2.24) is 19.9 Å². The zero-order valence-electron chi connectivity index (χ0n) is 21.3. The second-order valence-corrected chi connectivity index (χ2v) is 9.21. The van der Waals surface area contributed by atoms with Crippen molar-refractivity contribution in [2.75, 3.05) is 50.7 Å². The van der Waals surface area contributed by atoms with Crippen molar-refractivity contribution in [3.05, 3.63) is 46.4 Å². The summed E-state index contributed by atoms with van der Waals surface area (Å²) in [5, 5.41) is 6.70. The molecule has 1 aliphatic rings. The van der Waals surface area contributed by atoms with Crippen LogP contribution in [0.15, 0.2) is 35.3 Å². The van der Waals surface area contributed by atoms with Gasteiger partial charge in [0.25, 0.3) is 11.5 Å². The van der Waals surface area contributed by atoms with Gasteiger partial charge in [-0.05, 0) is 49.9 Å². The summed E-state index contributed by atoms with van der Waals surface area (Å²) in [6.45, 7) is 6.63. The van der Waals surface area contributed by atoms with Crippen molar-refractivity contribution in [2.24, 2.45) is 5.92 Å². The summed E-state index contributed by atoms with van der Waals surface area (Å²) in [6, 6.07) is 7.42. The summed E-state index contributed by atoms with van der Waals surface area (Å²) >= 11 is 0. The molecule has 0 saturated carbocycles. The Labute approximate surface area is 210 Å². The normalized spacial score (nSPS) is 15.7. The van der Waals surface area contributed by atoms with Gasteiger partial charge in [-0.1, -0.05) is 6.92 Å². The van der Waals surface area contributed by atoms with E-state index in [4.69, 9.17) is 14.5 Å². The van der Waals surface area contributed by atoms with Crippen molar-refractivity contribution in [1.29, 1.82) is 0 Å². The zero-order chi connectivity index (χ0) is 25.7. The number of anilines is 3. The molecule has 1 aliphatic heterocycles. The highest BCUT2D eigenvalue weighted by Crippen LogP contribution is 2.27. The molecule has 10 nitrogen and oxygen atoms in total. The van der Waals surface area contributed by atoms with E-state index in [-0.39, 0.29) is 23.8 Å². The molecule has 0 radical (unpaired) electrons. The lowest BCUT2D eigenvalue weighted by Crippen LogP contribution is -2.35. The monoisotopic (exact) mass is 494 g/mol. The molecule has 1 unspecified atom stereocenters. The number of carbonyl (C=O) groups excluding carboxylic acids is 1. The fourth-order valence-electron chi connectivity index (χ4n) is 4.38. The second kappa shape index (κ2) is 11.4. The van der Waals surface area contributed by atoms with Crippen LogP contribution in [0.1, 0.15) is 25.3 Å². The molecule has 1 fully saturated rings. The summed E-state index contributed by atoms with van der Waals surface area (Å²) in [7, 11) is 3.11. The lowest BCUT2D eigenvalue weighted by atomic mass is 10.0. The van der Waals surface area contributed by atoms with Gasteiger partial charge >= 0.3 is 0 Å². The highest BCUT2D eigenvalue weighted by molar-refractivity contribution is 5.85. The first-order chi connectivity index (χ1) is 17.4. The van der Waals surface area contributed by atoms with Gasteiger partial charge in [0.1, 0.15) is 5.82 Å². The van der Waals surface area contributed by atoms with Crippen LogP contribution in [0.2, 0.25) is 0 Å². The highest BCUT2D eigenvalue weighted by Gasteiger charge is 2.19.